The molecule has 0 saturated carbocycles. The summed E-state index contributed by atoms with van der Waals surface area (Å²) in [5, 5.41) is 10.2. The molecule has 0 aliphatic heterocycles. The van der Waals surface area contributed by atoms with Crippen LogP contribution in [0.3, 0.4) is 0 Å². The number of methoxy groups -OCH3 is 1. The smallest absolute Gasteiger partial charge is 0.459 e. The number of esters is 2. The fraction of sp³-hybridized carbons (Fsp3) is 0.250. The van der Waals surface area contributed by atoms with Gasteiger partial charge in [0.05, 0.1) is 7.11 Å². The fourth-order valence-electron chi connectivity index (χ4n) is 2.14. The second-order valence-corrected chi connectivity index (χ2v) is 5.62. The second-order valence-electron chi connectivity index (χ2n) is 5.62. The lowest BCUT2D eigenvalue weighted by atomic mass is 10.2. The van der Waals surface area contributed by atoms with E-state index >= 15 is 0 Å². The molecule has 0 amide bonds. The summed E-state index contributed by atoms with van der Waals surface area (Å²) >= 11 is 0. The predicted molar refractivity (Wildman–Crippen MR) is 95.8 cm³/mol. The van der Waals surface area contributed by atoms with Crippen LogP contribution in [0.5, 0.6) is 0 Å². The minimum Gasteiger partial charge on any atom is -0.459 e. The van der Waals surface area contributed by atoms with Gasteiger partial charge < -0.3 is 24.1 Å². The van der Waals surface area contributed by atoms with Gasteiger partial charge >= 0.3 is 18.1 Å². The molecule has 0 heterocycles. The van der Waals surface area contributed by atoms with Crippen molar-refractivity contribution in [3.63, 3.8) is 0 Å². The molecule has 2 rings (SSSR count). The second kappa shape index (κ2) is 10.7. The third kappa shape index (κ3) is 6.40. The van der Waals surface area contributed by atoms with Crippen molar-refractivity contribution >= 4 is 18.1 Å². The van der Waals surface area contributed by atoms with Gasteiger partial charge in [0.15, 0.2) is 6.10 Å². The normalized spacial score (nSPS) is 12.4. The van der Waals surface area contributed by atoms with E-state index in [1.54, 1.807) is 60.7 Å². The molecule has 2 aromatic carbocycles. The highest BCUT2D eigenvalue weighted by Crippen LogP contribution is 2.11. The van der Waals surface area contributed by atoms with Gasteiger partial charge in [0.2, 0.25) is 6.10 Å². The van der Waals surface area contributed by atoms with E-state index in [2.05, 4.69) is 4.74 Å². The van der Waals surface area contributed by atoms with Gasteiger partial charge in [-0.1, -0.05) is 60.7 Å². The largest absolute Gasteiger partial charge is 0.508 e. The van der Waals surface area contributed by atoms with Crippen LogP contribution in [0.1, 0.15) is 11.1 Å². The number of rotatable bonds is 8. The van der Waals surface area contributed by atoms with E-state index in [1.807, 2.05) is 0 Å². The summed E-state index contributed by atoms with van der Waals surface area (Å²) in [6.07, 6.45) is -5.26. The Labute approximate surface area is 161 Å². The van der Waals surface area contributed by atoms with Crippen LogP contribution in [0.4, 0.5) is 4.79 Å². The van der Waals surface area contributed by atoms with Crippen LogP contribution in [0.25, 0.3) is 0 Å². The molecule has 0 saturated heterocycles. The Balaban J connectivity index is 1.99. The Hall–Kier alpha value is -3.39. The van der Waals surface area contributed by atoms with Crippen molar-refractivity contribution in [2.45, 2.75) is 25.4 Å². The molecule has 28 heavy (non-hydrogen) atoms. The van der Waals surface area contributed by atoms with Gasteiger partial charge in [-0.25, -0.2) is 14.4 Å². The number of hydrogen-bond donors (Lipinski definition) is 1. The van der Waals surface area contributed by atoms with Crippen molar-refractivity contribution in [2.75, 3.05) is 7.11 Å². The van der Waals surface area contributed by atoms with E-state index in [0.717, 1.165) is 7.11 Å². The van der Waals surface area contributed by atoms with E-state index < -0.39 is 30.3 Å². The Bertz CT molecular complexity index is 775. The summed E-state index contributed by atoms with van der Waals surface area (Å²) in [6.45, 7) is -0.257. The van der Waals surface area contributed by atoms with Gasteiger partial charge in [-0.3, -0.25) is 0 Å². The zero-order chi connectivity index (χ0) is 20.4. The van der Waals surface area contributed by atoms with Crippen LogP contribution in [0, 0.1) is 0 Å². The Kier molecular flexibility index (Phi) is 7.98. The Morgan fingerprint density at radius 1 is 0.821 bits per heavy atom. The van der Waals surface area contributed by atoms with Gasteiger partial charge in [-0.05, 0) is 11.1 Å². The van der Waals surface area contributed by atoms with Crippen LogP contribution in [0.15, 0.2) is 60.7 Å². The number of ether oxygens (including phenoxy) is 4. The summed E-state index contributed by atoms with van der Waals surface area (Å²) in [5.41, 5.74) is 1.36. The minimum absolute atomic E-state index is 0.124. The summed E-state index contributed by atoms with van der Waals surface area (Å²) in [6, 6.07) is 17.5. The molecule has 1 N–H and O–H groups in total. The highest BCUT2D eigenvalue weighted by atomic mass is 16.7. The highest BCUT2D eigenvalue weighted by Gasteiger charge is 2.38. The number of carbonyl (C=O) groups is 3. The molecule has 0 fully saturated rings. The molecule has 0 radical (unpaired) electrons. The van der Waals surface area contributed by atoms with Crippen molar-refractivity contribution in [1.29, 1.82) is 0 Å². The molecule has 8 heteroatoms. The van der Waals surface area contributed by atoms with E-state index in [9.17, 15) is 19.5 Å². The van der Waals surface area contributed by atoms with Crippen molar-refractivity contribution in [3.05, 3.63) is 71.8 Å². The summed E-state index contributed by atoms with van der Waals surface area (Å²) < 4.78 is 19.0. The molecule has 0 aliphatic rings. The average molecular weight is 388 g/mol. The molecule has 0 bridgehead atoms. The first-order valence-corrected chi connectivity index (χ1v) is 8.35. The van der Waals surface area contributed by atoms with E-state index in [1.165, 1.54) is 0 Å². The number of hydrogen-bond acceptors (Lipinski definition) is 8. The quantitative estimate of drug-likeness (QED) is 0.540. The first-order valence-electron chi connectivity index (χ1n) is 8.35. The lowest BCUT2D eigenvalue weighted by Crippen LogP contribution is -2.44. The van der Waals surface area contributed by atoms with Gasteiger partial charge in [-0.2, -0.15) is 0 Å². The van der Waals surface area contributed by atoms with E-state index in [-0.39, 0.29) is 13.2 Å². The summed E-state index contributed by atoms with van der Waals surface area (Å²) in [5.74, 6) is -2.26. The molecule has 2 unspecified atom stereocenters. The summed E-state index contributed by atoms with van der Waals surface area (Å²) in [7, 11) is 1.02. The van der Waals surface area contributed by atoms with E-state index in [0.29, 0.717) is 11.1 Å². The number of benzene rings is 2. The highest BCUT2D eigenvalue weighted by molar-refractivity contribution is 5.86. The van der Waals surface area contributed by atoms with Crippen LogP contribution in [-0.4, -0.2) is 42.5 Å². The summed E-state index contributed by atoms with van der Waals surface area (Å²) in [4.78, 5) is 35.8. The van der Waals surface area contributed by atoms with Gasteiger partial charge in [-0.15, -0.1) is 0 Å². The predicted octanol–water partition coefficient (Wildman–Crippen LogP) is 1.99. The monoisotopic (exact) mass is 388 g/mol. The minimum atomic E-state index is -2.08. The molecule has 0 spiro atoms. The van der Waals surface area contributed by atoms with Crippen LogP contribution >= 0.6 is 0 Å². The number of aliphatic hydroxyl groups is 1. The fourth-order valence-corrected chi connectivity index (χ4v) is 2.14. The zero-order valence-corrected chi connectivity index (χ0v) is 15.1. The number of aliphatic hydroxyl groups excluding tert-OH is 1. The molecule has 2 aromatic rings. The molecular weight excluding hydrogens is 368 g/mol. The lowest BCUT2D eigenvalue weighted by Gasteiger charge is -2.20. The lowest BCUT2D eigenvalue weighted by molar-refractivity contribution is -0.176. The maximum absolute atomic E-state index is 12.3. The zero-order valence-electron chi connectivity index (χ0n) is 15.1. The SMILES string of the molecule is COC(=O)OC(C(=O)OCc1ccccc1)C(O)C(=O)OCc1ccccc1. The third-order valence-electron chi connectivity index (χ3n) is 3.60. The Morgan fingerprint density at radius 3 is 1.75 bits per heavy atom. The van der Waals surface area contributed by atoms with Crippen LogP contribution in [-0.2, 0) is 41.8 Å². The third-order valence-corrected chi connectivity index (χ3v) is 3.60. The standard InChI is InChI=1S/C20H20O8/c1-25-20(24)28-17(19(23)27-13-15-10-6-3-7-11-15)16(21)18(22)26-12-14-8-4-2-5-9-14/h2-11,16-17,21H,12-13H2,1H3. The average Bonchev–Trinajstić information content (AvgIpc) is 2.74. The van der Waals surface area contributed by atoms with Crippen molar-refractivity contribution in [2.24, 2.45) is 0 Å². The topological polar surface area (TPSA) is 108 Å². The first-order chi connectivity index (χ1) is 13.5. The molecule has 0 aromatic heterocycles. The Morgan fingerprint density at radius 2 is 1.29 bits per heavy atom. The maximum Gasteiger partial charge on any atom is 0.508 e. The molecular formula is C20H20O8. The molecule has 148 valence electrons. The van der Waals surface area contributed by atoms with E-state index in [4.69, 9.17) is 14.2 Å². The van der Waals surface area contributed by atoms with Gasteiger partial charge in [0.1, 0.15) is 13.2 Å². The number of carbonyl (C=O) groups excluding carboxylic acids is 3. The van der Waals surface area contributed by atoms with Crippen molar-refractivity contribution < 1.29 is 38.4 Å². The van der Waals surface area contributed by atoms with Crippen LogP contribution < -0.4 is 0 Å². The van der Waals surface area contributed by atoms with Crippen molar-refractivity contribution in [3.8, 4) is 0 Å². The van der Waals surface area contributed by atoms with Crippen molar-refractivity contribution in [1.82, 2.24) is 0 Å². The maximum atomic E-state index is 12.3. The van der Waals surface area contributed by atoms with Gasteiger partial charge in [0.25, 0.3) is 0 Å². The van der Waals surface area contributed by atoms with Gasteiger partial charge in [0, 0.05) is 0 Å². The molecule has 8 nitrogen and oxygen atoms in total. The first kappa shape index (κ1) is 20.9. The molecule has 0 aliphatic carbocycles. The molecule has 2 atom stereocenters. The van der Waals surface area contributed by atoms with Crippen LogP contribution in [0.2, 0.25) is 0 Å².